The molecule has 1 aliphatic heterocycles. The standard InChI is InChI=1S/C7H14O2S/c1-6-4-3-5-10(8,9)7(6)2/h6-7H,3-5H2,1-2H3/t6-,7-/m1/s1. The number of hydrogen-bond donors (Lipinski definition) is 0. The van der Waals surface area contributed by atoms with Gasteiger partial charge in [0.05, 0.1) is 11.0 Å². The highest BCUT2D eigenvalue weighted by Gasteiger charge is 2.29. The predicted octanol–water partition coefficient (Wildman–Crippen LogP) is 1.22. The summed E-state index contributed by atoms with van der Waals surface area (Å²) in [5.74, 6) is 0.761. The summed E-state index contributed by atoms with van der Waals surface area (Å²) in [4.78, 5) is 0. The van der Waals surface area contributed by atoms with E-state index in [1.54, 1.807) is 0 Å². The molecular formula is C7H14O2S. The lowest BCUT2D eigenvalue weighted by Gasteiger charge is -2.24. The molecule has 0 bridgehead atoms. The average Bonchev–Trinajstić information content (AvgIpc) is 1.83. The van der Waals surface area contributed by atoms with Crippen molar-refractivity contribution in [3.8, 4) is 0 Å². The summed E-state index contributed by atoms with van der Waals surface area (Å²) in [5.41, 5.74) is 0. The van der Waals surface area contributed by atoms with Crippen molar-refractivity contribution in [1.29, 1.82) is 0 Å². The highest BCUT2D eigenvalue weighted by atomic mass is 32.2. The Morgan fingerprint density at radius 1 is 1.30 bits per heavy atom. The van der Waals surface area contributed by atoms with E-state index < -0.39 is 9.84 Å². The van der Waals surface area contributed by atoms with Gasteiger partial charge in [0.2, 0.25) is 0 Å². The van der Waals surface area contributed by atoms with Crippen LogP contribution in [0, 0.1) is 5.92 Å². The number of hydrogen-bond acceptors (Lipinski definition) is 2. The van der Waals surface area contributed by atoms with Crippen LogP contribution in [0.2, 0.25) is 0 Å². The van der Waals surface area contributed by atoms with E-state index in [2.05, 4.69) is 0 Å². The monoisotopic (exact) mass is 162 g/mol. The molecule has 1 fully saturated rings. The fourth-order valence-electron chi connectivity index (χ4n) is 1.38. The molecule has 1 heterocycles. The van der Waals surface area contributed by atoms with Crippen molar-refractivity contribution in [2.24, 2.45) is 5.92 Å². The highest BCUT2D eigenvalue weighted by Crippen LogP contribution is 2.24. The molecule has 2 nitrogen and oxygen atoms in total. The van der Waals surface area contributed by atoms with E-state index in [9.17, 15) is 8.42 Å². The van der Waals surface area contributed by atoms with Crippen molar-refractivity contribution >= 4 is 9.84 Å². The van der Waals surface area contributed by atoms with Gasteiger partial charge >= 0.3 is 0 Å². The molecule has 2 atom stereocenters. The molecule has 0 amide bonds. The van der Waals surface area contributed by atoms with Gasteiger partial charge in [0.15, 0.2) is 9.84 Å². The SMILES string of the molecule is C[C@@H]1CCCS(=O)(=O)[C@@H]1C. The molecule has 1 aliphatic rings. The van der Waals surface area contributed by atoms with Gasteiger partial charge in [0.1, 0.15) is 0 Å². The Kier molecular flexibility index (Phi) is 2.04. The summed E-state index contributed by atoms with van der Waals surface area (Å²) >= 11 is 0. The first-order valence-electron chi connectivity index (χ1n) is 3.75. The maximum atomic E-state index is 11.2. The molecule has 1 saturated heterocycles. The molecule has 60 valence electrons. The largest absolute Gasteiger partial charge is 0.229 e. The third kappa shape index (κ3) is 1.34. The first-order chi connectivity index (χ1) is 4.54. The normalized spacial score (nSPS) is 39.4. The Morgan fingerprint density at radius 2 is 1.90 bits per heavy atom. The van der Waals surface area contributed by atoms with Gasteiger partial charge in [-0.15, -0.1) is 0 Å². The number of rotatable bonds is 0. The van der Waals surface area contributed by atoms with Crippen LogP contribution in [-0.4, -0.2) is 19.4 Å². The molecule has 0 aromatic rings. The van der Waals surface area contributed by atoms with E-state index in [1.165, 1.54) is 0 Å². The third-order valence-electron chi connectivity index (χ3n) is 2.46. The van der Waals surface area contributed by atoms with E-state index in [1.807, 2.05) is 13.8 Å². The van der Waals surface area contributed by atoms with Gasteiger partial charge in [-0.3, -0.25) is 0 Å². The summed E-state index contributed by atoms with van der Waals surface area (Å²) in [6, 6.07) is 0. The number of sulfone groups is 1. The zero-order valence-electron chi connectivity index (χ0n) is 6.50. The van der Waals surface area contributed by atoms with Crippen LogP contribution in [0.3, 0.4) is 0 Å². The minimum absolute atomic E-state index is 0.110. The van der Waals surface area contributed by atoms with Crippen molar-refractivity contribution in [1.82, 2.24) is 0 Å². The Hall–Kier alpha value is -0.0500. The molecule has 0 aliphatic carbocycles. The summed E-state index contributed by atoms with van der Waals surface area (Å²) in [6.07, 6.45) is 1.92. The zero-order valence-corrected chi connectivity index (χ0v) is 7.32. The second-order valence-corrected chi connectivity index (χ2v) is 5.67. The van der Waals surface area contributed by atoms with Crippen LogP contribution in [0.5, 0.6) is 0 Å². The molecule has 0 radical (unpaired) electrons. The third-order valence-corrected chi connectivity index (χ3v) is 4.91. The molecule has 0 aromatic heterocycles. The molecule has 1 rings (SSSR count). The van der Waals surface area contributed by atoms with Crippen LogP contribution in [0.1, 0.15) is 26.7 Å². The van der Waals surface area contributed by atoms with Gasteiger partial charge in [-0.25, -0.2) is 8.42 Å². The van der Waals surface area contributed by atoms with Crippen molar-refractivity contribution < 1.29 is 8.42 Å². The second kappa shape index (κ2) is 2.53. The van der Waals surface area contributed by atoms with Crippen LogP contribution < -0.4 is 0 Å². The topological polar surface area (TPSA) is 34.1 Å². The minimum Gasteiger partial charge on any atom is -0.229 e. The molecule has 0 N–H and O–H groups in total. The lowest BCUT2D eigenvalue weighted by atomic mass is 10.0. The van der Waals surface area contributed by atoms with E-state index in [-0.39, 0.29) is 5.25 Å². The van der Waals surface area contributed by atoms with Crippen LogP contribution in [0.15, 0.2) is 0 Å². The van der Waals surface area contributed by atoms with Crippen molar-refractivity contribution in [2.75, 3.05) is 5.75 Å². The highest BCUT2D eigenvalue weighted by molar-refractivity contribution is 7.92. The molecule has 0 spiro atoms. The van der Waals surface area contributed by atoms with Crippen LogP contribution in [0.25, 0.3) is 0 Å². The van der Waals surface area contributed by atoms with E-state index in [4.69, 9.17) is 0 Å². The second-order valence-electron chi connectivity index (χ2n) is 3.19. The summed E-state index contributed by atoms with van der Waals surface area (Å²) in [5, 5.41) is -0.110. The first kappa shape index (κ1) is 8.05. The molecule has 0 aromatic carbocycles. The Morgan fingerprint density at radius 3 is 2.30 bits per heavy atom. The average molecular weight is 162 g/mol. The molecule has 3 heteroatoms. The molecule has 10 heavy (non-hydrogen) atoms. The minimum atomic E-state index is -2.71. The fourth-order valence-corrected chi connectivity index (χ4v) is 3.17. The Balaban J connectivity index is 2.80. The lowest BCUT2D eigenvalue weighted by molar-refractivity contribution is 0.461. The van der Waals surface area contributed by atoms with E-state index in [0.717, 1.165) is 12.8 Å². The zero-order chi connectivity index (χ0) is 7.78. The van der Waals surface area contributed by atoms with Crippen LogP contribution in [0.4, 0.5) is 0 Å². The molecular weight excluding hydrogens is 148 g/mol. The summed E-state index contributed by atoms with van der Waals surface area (Å²) < 4.78 is 22.4. The van der Waals surface area contributed by atoms with E-state index >= 15 is 0 Å². The first-order valence-corrected chi connectivity index (χ1v) is 5.47. The van der Waals surface area contributed by atoms with Crippen molar-refractivity contribution in [3.05, 3.63) is 0 Å². The Bertz CT molecular complexity index is 206. The van der Waals surface area contributed by atoms with Gasteiger partial charge in [-0.1, -0.05) is 6.92 Å². The van der Waals surface area contributed by atoms with Crippen LogP contribution >= 0.6 is 0 Å². The lowest BCUT2D eigenvalue weighted by Crippen LogP contribution is -2.32. The van der Waals surface area contributed by atoms with Gasteiger partial charge < -0.3 is 0 Å². The van der Waals surface area contributed by atoms with Crippen molar-refractivity contribution in [2.45, 2.75) is 31.9 Å². The van der Waals surface area contributed by atoms with Gasteiger partial charge in [0.25, 0.3) is 0 Å². The maximum Gasteiger partial charge on any atom is 0.153 e. The quantitative estimate of drug-likeness (QED) is 0.536. The maximum absolute atomic E-state index is 11.2. The van der Waals surface area contributed by atoms with Crippen molar-refractivity contribution in [3.63, 3.8) is 0 Å². The van der Waals surface area contributed by atoms with Gasteiger partial charge in [0, 0.05) is 0 Å². The smallest absolute Gasteiger partial charge is 0.153 e. The predicted molar refractivity (Wildman–Crippen MR) is 41.6 cm³/mol. The van der Waals surface area contributed by atoms with Crippen LogP contribution in [-0.2, 0) is 9.84 Å². The molecule has 0 unspecified atom stereocenters. The summed E-state index contributed by atoms with van der Waals surface area (Å²) in [7, 11) is -2.71. The van der Waals surface area contributed by atoms with Gasteiger partial charge in [-0.05, 0) is 25.7 Å². The Labute approximate surface area is 62.5 Å². The summed E-state index contributed by atoms with van der Waals surface area (Å²) in [6.45, 7) is 3.83. The molecule has 0 saturated carbocycles. The fraction of sp³-hybridized carbons (Fsp3) is 1.00. The van der Waals surface area contributed by atoms with Gasteiger partial charge in [-0.2, -0.15) is 0 Å². The van der Waals surface area contributed by atoms with E-state index in [0.29, 0.717) is 11.7 Å².